The first-order chi connectivity index (χ1) is 13.3. The van der Waals surface area contributed by atoms with E-state index in [1.165, 1.54) is 23.0 Å². The summed E-state index contributed by atoms with van der Waals surface area (Å²) < 4.78 is 40.5. The number of hydrogen-bond acceptors (Lipinski definition) is 3. The van der Waals surface area contributed by atoms with E-state index in [4.69, 9.17) is 0 Å². The van der Waals surface area contributed by atoms with E-state index in [9.17, 15) is 18.0 Å². The molecule has 0 amide bonds. The monoisotopic (exact) mass is 381 g/mol. The number of aryl methyl sites for hydroxylation is 1. The van der Waals surface area contributed by atoms with Gasteiger partial charge in [0.2, 0.25) is 0 Å². The number of nitrogens with zero attached hydrogens (tertiary/aromatic N) is 3. The predicted octanol–water partition coefficient (Wildman–Crippen LogP) is 4.95. The maximum absolute atomic E-state index is 13.0. The van der Waals surface area contributed by atoms with Crippen molar-refractivity contribution >= 4 is 11.4 Å². The van der Waals surface area contributed by atoms with Gasteiger partial charge in [-0.3, -0.25) is 4.79 Å². The van der Waals surface area contributed by atoms with Crippen molar-refractivity contribution in [1.29, 1.82) is 0 Å². The van der Waals surface area contributed by atoms with E-state index in [0.29, 0.717) is 22.5 Å². The van der Waals surface area contributed by atoms with Crippen LogP contribution in [0.5, 0.6) is 0 Å². The molecule has 4 nitrogen and oxygen atoms in total. The molecule has 0 unspecified atom stereocenters. The zero-order chi connectivity index (χ0) is 19.9. The summed E-state index contributed by atoms with van der Waals surface area (Å²) in [5.41, 5.74) is 2.10. The second kappa shape index (κ2) is 6.60. The Bertz CT molecular complexity index is 1180. The summed E-state index contributed by atoms with van der Waals surface area (Å²) in [6.45, 7) is 1.92. The van der Waals surface area contributed by atoms with Crippen LogP contribution in [-0.2, 0) is 6.18 Å². The number of aromatic nitrogens is 3. The number of halogens is 3. The van der Waals surface area contributed by atoms with Crippen LogP contribution < -0.4 is 0 Å². The van der Waals surface area contributed by atoms with Crippen LogP contribution in [0.2, 0.25) is 0 Å². The Kier molecular flexibility index (Phi) is 4.22. The lowest BCUT2D eigenvalue weighted by Crippen LogP contribution is -2.05. The molecule has 0 atom stereocenters. The quantitative estimate of drug-likeness (QED) is 0.472. The highest BCUT2D eigenvalue weighted by molar-refractivity contribution is 6.12. The Hall–Kier alpha value is -3.48. The first kappa shape index (κ1) is 17.9. The second-order valence-electron chi connectivity index (χ2n) is 6.40. The van der Waals surface area contributed by atoms with E-state index in [1.807, 2.05) is 19.1 Å². The lowest BCUT2D eigenvalue weighted by Gasteiger charge is -2.10. The van der Waals surface area contributed by atoms with Crippen LogP contribution in [-0.4, -0.2) is 20.4 Å². The lowest BCUT2D eigenvalue weighted by molar-refractivity contribution is -0.137. The van der Waals surface area contributed by atoms with Crippen LogP contribution in [0.15, 0.2) is 67.0 Å². The molecule has 4 rings (SSSR count). The van der Waals surface area contributed by atoms with E-state index in [1.54, 1.807) is 24.3 Å². The first-order valence-corrected chi connectivity index (χ1v) is 8.46. The van der Waals surface area contributed by atoms with Crippen LogP contribution in [0.1, 0.15) is 27.0 Å². The Balaban J connectivity index is 1.82. The molecule has 2 heterocycles. The summed E-state index contributed by atoms with van der Waals surface area (Å²) in [5.74, 6) is -0.247. The molecule has 0 aliphatic heterocycles. The van der Waals surface area contributed by atoms with E-state index < -0.39 is 11.7 Å². The number of carbonyl (C=O) groups excluding carboxylic acids is 1. The van der Waals surface area contributed by atoms with Gasteiger partial charge in [0.15, 0.2) is 11.4 Å². The standard InChI is InChI=1S/C21H14F3N3O/c1-13-5-7-14(8-6-13)19(28)17-12-26-27-18(9-10-25-20(17)27)15-3-2-4-16(11-15)21(22,23)24/h2-12H,1H3. The molecule has 0 saturated carbocycles. The summed E-state index contributed by atoms with van der Waals surface area (Å²) in [7, 11) is 0. The molecule has 0 radical (unpaired) electrons. The fourth-order valence-corrected chi connectivity index (χ4v) is 2.99. The number of carbonyl (C=O) groups is 1. The highest BCUT2D eigenvalue weighted by Gasteiger charge is 2.30. The average molecular weight is 381 g/mol. The molecule has 0 aliphatic carbocycles. The zero-order valence-corrected chi connectivity index (χ0v) is 14.7. The molecule has 2 aromatic heterocycles. The minimum Gasteiger partial charge on any atom is -0.288 e. The Labute approximate surface area is 158 Å². The summed E-state index contributed by atoms with van der Waals surface area (Å²) in [4.78, 5) is 17.0. The maximum atomic E-state index is 13.0. The third-order valence-electron chi connectivity index (χ3n) is 4.45. The minimum atomic E-state index is -4.45. The van der Waals surface area contributed by atoms with Crippen molar-refractivity contribution in [3.8, 4) is 11.3 Å². The van der Waals surface area contributed by atoms with Crippen LogP contribution in [0.4, 0.5) is 13.2 Å². The van der Waals surface area contributed by atoms with Gasteiger partial charge in [0.05, 0.1) is 23.0 Å². The van der Waals surface area contributed by atoms with Gasteiger partial charge in [-0.25, -0.2) is 9.50 Å². The number of alkyl halides is 3. The minimum absolute atomic E-state index is 0.247. The van der Waals surface area contributed by atoms with Gasteiger partial charge < -0.3 is 0 Å². The van der Waals surface area contributed by atoms with Crippen LogP contribution >= 0.6 is 0 Å². The average Bonchev–Trinajstić information content (AvgIpc) is 3.11. The number of ketones is 1. The SMILES string of the molecule is Cc1ccc(C(=O)c2cnn3c(-c4cccc(C(F)(F)F)c4)ccnc23)cc1. The summed E-state index contributed by atoms with van der Waals surface area (Å²) in [6, 6.07) is 13.6. The Morgan fingerprint density at radius 2 is 1.79 bits per heavy atom. The normalized spacial score (nSPS) is 11.7. The van der Waals surface area contributed by atoms with E-state index in [2.05, 4.69) is 10.1 Å². The molecule has 4 aromatic rings. The van der Waals surface area contributed by atoms with Gasteiger partial charge >= 0.3 is 6.18 Å². The topological polar surface area (TPSA) is 47.3 Å². The fourth-order valence-electron chi connectivity index (χ4n) is 2.99. The largest absolute Gasteiger partial charge is 0.416 e. The van der Waals surface area contributed by atoms with E-state index in [-0.39, 0.29) is 11.3 Å². The molecule has 2 aromatic carbocycles. The molecule has 0 bridgehead atoms. The highest BCUT2D eigenvalue weighted by atomic mass is 19.4. The van der Waals surface area contributed by atoms with Crippen molar-refractivity contribution in [1.82, 2.24) is 14.6 Å². The van der Waals surface area contributed by atoms with Gasteiger partial charge in [0.25, 0.3) is 0 Å². The Morgan fingerprint density at radius 3 is 2.50 bits per heavy atom. The molecule has 0 spiro atoms. The molecule has 28 heavy (non-hydrogen) atoms. The van der Waals surface area contributed by atoms with Crippen molar-refractivity contribution in [2.45, 2.75) is 13.1 Å². The van der Waals surface area contributed by atoms with Gasteiger partial charge in [-0.05, 0) is 25.1 Å². The van der Waals surface area contributed by atoms with Gasteiger partial charge in [-0.2, -0.15) is 18.3 Å². The van der Waals surface area contributed by atoms with Crippen molar-refractivity contribution in [2.24, 2.45) is 0 Å². The zero-order valence-electron chi connectivity index (χ0n) is 14.7. The van der Waals surface area contributed by atoms with Crippen LogP contribution in [0, 0.1) is 6.92 Å². The first-order valence-electron chi connectivity index (χ1n) is 8.46. The van der Waals surface area contributed by atoms with Gasteiger partial charge in [-0.1, -0.05) is 42.0 Å². The lowest BCUT2D eigenvalue weighted by atomic mass is 10.0. The number of fused-ring (bicyclic) bond motifs is 1. The van der Waals surface area contributed by atoms with Crippen molar-refractivity contribution in [2.75, 3.05) is 0 Å². The molecule has 0 saturated heterocycles. The van der Waals surface area contributed by atoms with E-state index in [0.717, 1.165) is 17.7 Å². The van der Waals surface area contributed by atoms with Gasteiger partial charge in [0.1, 0.15) is 0 Å². The van der Waals surface area contributed by atoms with Crippen LogP contribution in [0.3, 0.4) is 0 Å². The maximum Gasteiger partial charge on any atom is 0.416 e. The molecule has 0 N–H and O–H groups in total. The Morgan fingerprint density at radius 1 is 1.04 bits per heavy atom. The number of benzene rings is 2. The highest BCUT2D eigenvalue weighted by Crippen LogP contribution is 2.32. The molecule has 0 fully saturated rings. The van der Waals surface area contributed by atoms with Gasteiger partial charge in [0, 0.05) is 17.3 Å². The number of rotatable bonds is 3. The summed E-state index contributed by atoms with van der Waals surface area (Å²) in [5, 5.41) is 4.20. The molecular weight excluding hydrogens is 367 g/mol. The second-order valence-corrected chi connectivity index (χ2v) is 6.40. The van der Waals surface area contributed by atoms with Crippen molar-refractivity contribution in [3.63, 3.8) is 0 Å². The van der Waals surface area contributed by atoms with Crippen molar-refractivity contribution < 1.29 is 18.0 Å². The third kappa shape index (κ3) is 3.15. The number of hydrogen-bond donors (Lipinski definition) is 0. The molecule has 0 aliphatic rings. The summed E-state index contributed by atoms with van der Waals surface area (Å²) >= 11 is 0. The smallest absolute Gasteiger partial charge is 0.288 e. The van der Waals surface area contributed by atoms with Crippen LogP contribution in [0.25, 0.3) is 16.9 Å². The predicted molar refractivity (Wildman–Crippen MR) is 98.0 cm³/mol. The fraction of sp³-hybridized carbons (Fsp3) is 0.0952. The van der Waals surface area contributed by atoms with Gasteiger partial charge in [-0.15, -0.1) is 0 Å². The molecular formula is C21H14F3N3O. The van der Waals surface area contributed by atoms with E-state index >= 15 is 0 Å². The summed E-state index contributed by atoms with van der Waals surface area (Å²) in [6.07, 6.45) is -1.60. The molecule has 140 valence electrons. The van der Waals surface area contributed by atoms with Crippen molar-refractivity contribution in [3.05, 3.63) is 89.2 Å². The third-order valence-corrected chi connectivity index (χ3v) is 4.45. The molecule has 7 heteroatoms.